The van der Waals surface area contributed by atoms with Crippen LogP contribution in [-0.2, 0) is 0 Å². The van der Waals surface area contributed by atoms with Crippen molar-refractivity contribution in [1.82, 2.24) is 0 Å². The quantitative estimate of drug-likeness (QED) is 0.181. The van der Waals surface area contributed by atoms with Crippen molar-refractivity contribution in [2.45, 2.75) is 24.2 Å². The van der Waals surface area contributed by atoms with E-state index in [0.29, 0.717) is 0 Å². The number of hydrogen-bond donors (Lipinski definition) is 0. The molecule has 2 nitrogen and oxygen atoms in total. The second-order valence-corrected chi connectivity index (χ2v) is 11.0. The van der Waals surface area contributed by atoms with Crippen molar-refractivity contribution in [2.24, 2.45) is 0 Å². The van der Waals surface area contributed by atoms with Crippen LogP contribution in [0.15, 0.2) is 89.3 Å². The van der Waals surface area contributed by atoms with Gasteiger partial charge in [-0.15, -0.1) is 0 Å². The van der Waals surface area contributed by atoms with Crippen LogP contribution in [0.4, 0.5) is 11.4 Å². The van der Waals surface area contributed by atoms with Gasteiger partial charge in [-0.1, -0.05) is 0 Å². The molecule has 4 aromatic carbocycles. The third-order valence-corrected chi connectivity index (χ3v) is 9.33. The summed E-state index contributed by atoms with van der Waals surface area (Å²) in [7, 11) is 0. The molecule has 2 radical (unpaired) electrons. The molecule has 142 valence electrons. The zero-order valence-corrected chi connectivity index (χ0v) is 19.4. The molecule has 0 saturated carbocycles. The van der Waals surface area contributed by atoms with Crippen molar-refractivity contribution < 1.29 is 4.42 Å². The molecule has 0 saturated heterocycles. The molecular formula is C26H23NOSn. The Hall–Kier alpha value is -2.46. The van der Waals surface area contributed by atoms with E-state index in [4.69, 9.17) is 4.42 Å². The van der Waals surface area contributed by atoms with Gasteiger partial charge in [0.15, 0.2) is 0 Å². The van der Waals surface area contributed by atoms with Crippen LogP contribution >= 0.6 is 0 Å². The van der Waals surface area contributed by atoms with E-state index < -0.39 is 21.4 Å². The Bertz CT molecular complexity index is 1280. The molecule has 0 N–H and O–H groups in total. The van der Waals surface area contributed by atoms with E-state index in [0.717, 1.165) is 11.2 Å². The van der Waals surface area contributed by atoms with Crippen LogP contribution in [0.1, 0.15) is 19.8 Å². The summed E-state index contributed by atoms with van der Waals surface area (Å²) < 4.78 is 10.4. The number of hydrogen-bond acceptors (Lipinski definition) is 2. The molecule has 0 fully saturated rings. The summed E-state index contributed by atoms with van der Waals surface area (Å²) in [5, 5.41) is 4.96. The van der Waals surface area contributed by atoms with Gasteiger partial charge in [-0.05, 0) is 0 Å². The van der Waals surface area contributed by atoms with Crippen LogP contribution in [0.3, 0.4) is 0 Å². The van der Waals surface area contributed by atoms with Crippen LogP contribution < -0.4 is 3.12 Å². The number of nitrogens with zero attached hydrogens (tertiary/aromatic N) is 1. The van der Waals surface area contributed by atoms with Crippen molar-refractivity contribution in [3.63, 3.8) is 0 Å². The molecule has 0 spiro atoms. The Morgan fingerprint density at radius 2 is 1.52 bits per heavy atom. The Kier molecular flexibility index (Phi) is 5.19. The summed E-state index contributed by atoms with van der Waals surface area (Å²) in [6, 6.07) is 30.3. The zero-order valence-electron chi connectivity index (χ0n) is 16.6. The van der Waals surface area contributed by atoms with Gasteiger partial charge in [-0.25, -0.2) is 0 Å². The molecule has 5 rings (SSSR count). The normalized spacial score (nSPS) is 11.5. The van der Waals surface area contributed by atoms with E-state index in [9.17, 15) is 0 Å². The predicted octanol–water partition coefficient (Wildman–Crippen LogP) is 7.71. The number of anilines is 2. The van der Waals surface area contributed by atoms with Gasteiger partial charge in [-0.2, -0.15) is 0 Å². The first-order chi connectivity index (χ1) is 14.4. The summed E-state index contributed by atoms with van der Waals surface area (Å²) in [4.78, 5) is 0. The van der Waals surface area contributed by atoms with E-state index in [-0.39, 0.29) is 0 Å². The fourth-order valence-electron chi connectivity index (χ4n) is 3.97. The topological polar surface area (TPSA) is 16.4 Å². The maximum atomic E-state index is 6.49. The van der Waals surface area contributed by atoms with Gasteiger partial charge in [0.1, 0.15) is 0 Å². The number of fused-ring (bicyclic) bond motifs is 4. The molecule has 0 atom stereocenters. The van der Waals surface area contributed by atoms with Crippen molar-refractivity contribution in [3.05, 3.63) is 84.9 Å². The second-order valence-electron chi connectivity index (χ2n) is 7.35. The van der Waals surface area contributed by atoms with Gasteiger partial charge >= 0.3 is 182 Å². The van der Waals surface area contributed by atoms with Gasteiger partial charge in [0.25, 0.3) is 0 Å². The van der Waals surface area contributed by atoms with Crippen molar-refractivity contribution in [3.8, 4) is 0 Å². The molecule has 0 bridgehead atoms. The first-order valence-corrected chi connectivity index (χ1v) is 13.6. The Balaban J connectivity index is 1.83. The molecular weight excluding hydrogens is 461 g/mol. The summed E-state index contributed by atoms with van der Waals surface area (Å²) in [5.74, 6) is 0. The second kappa shape index (κ2) is 8.11. The standard InChI is InChI=1S/C22H14NO.C4H9.Sn/c1-2-9-16(10-3-1)23-21-17-11-5-4-8-15(17)14-19-18-12-6-7-13-20(18)24-22(19)21;1-3-4-2;/h1-14H;1,3-4H2,2H3;/q-1;;+1. The van der Waals surface area contributed by atoms with Crippen molar-refractivity contribution >= 4 is 65.5 Å². The molecule has 1 heterocycles. The molecule has 0 aliphatic carbocycles. The minimum absolute atomic E-state index is 0.856. The average Bonchev–Trinajstić information content (AvgIpc) is 3.14. The van der Waals surface area contributed by atoms with Crippen LogP contribution in [0.25, 0.3) is 32.7 Å². The van der Waals surface area contributed by atoms with Crippen molar-refractivity contribution in [2.75, 3.05) is 3.12 Å². The third-order valence-electron chi connectivity index (χ3n) is 5.40. The van der Waals surface area contributed by atoms with Crippen LogP contribution in [0, 0.1) is 0 Å². The maximum absolute atomic E-state index is 6.49. The predicted molar refractivity (Wildman–Crippen MR) is 125 cm³/mol. The van der Waals surface area contributed by atoms with E-state index in [1.165, 1.54) is 50.2 Å². The van der Waals surface area contributed by atoms with Gasteiger partial charge in [0.05, 0.1) is 0 Å². The number of furan rings is 1. The van der Waals surface area contributed by atoms with E-state index in [1.54, 1.807) is 0 Å². The van der Waals surface area contributed by atoms with Crippen LogP contribution in [0.2, 0.25) is 4.44 Å². The molecule has 1 aromatic heterocycles. The molecule has 0 unspecified atom stereocenters. The third kappa shape index (κ3) is 3.40. The summed E-state index contributed by atoms with van der Waals surface area (Å²) >= 11 is -0.856. The molecule has 0 amide bonds. The number of rotatable bonds is 6. The van der Waals surface area contributed by atoms with Gasteiger partial charge < -0.3 is 0 Å². The summed E-state index contributed by atoms with van der Waals surface area (Å²) in [5.41, 5.74) is 4.52. The molecule has 0 aliphatic heterocycles. The first kappa shape index (κ1) is 18.6. The van der Waals surface area contributed by atoms with Gasteiger partial charge in [-0.3, -0.25) is 0 Å². The molecule has 3 heteroatoms. The number of unbranched alkanes of at least 4 members (excludes halogenated alkanes) is 1. The monoisotopic (exact) mass is 485 g/mol. The Morgan fingerprint density at radius 3 is 2.34 bits per heavy atom. The van der Waals surface area contributed by atoms with Crippen LogP contribution in [-0.4, -0.2) is 21.4 Å². The summed E-state index contributed by atoms with van der Waals surface area (Å²) in [6.45, 7) is 2.28. The van der Waals surface area contributed by atoms with Gasteiger partial charge in [0.2, 0.25) is 0 Å². The molecule has 0 aliphatic rings. The number of para-hydroxylation sites is 2. The zero-order chi connectivity index (χ0) is 19.6. The molecule has 5 aromatic rings. The minimum atomic E-state index is -0.856. The average molecular weight is 484 g/mol. The Labute approximate surface area is 181 Å². The first-order valence-electron chi connectivity index (χ1n) is 10.3. The van der Waals surface area contributed by atoms with Crippen molar-refractivity contribution in [1.29, 1.82) is 0 Å². The Morgan fingerprint density at radius 1 is 0.793 bits per heavy atom. The molecule has 29 heavy (non-hydrogen) atoms. The fraction of sp³-hybridized carbons (Fsp3) is 0.154. The van der Waals surface area contributed by atoms with E-state index >= 15 is 0 Å². The van der Waals surface area contributed by atoms with E-state index in [2.05, 4.69) is 95.0 Å². The fourth-order valence-corrected chi connectivity index (χ4v) is 8.10. The summed E-state index contributed by atoms with van der Waals surface area (Å²) in [6.07, 6.45) is 2.54. The SMILES string of the molecule is CCC[CH2][Sn][N](c1ccccc1)c1c2ccccc2cc2c1oc1ccccc12. The van der Waals surface area contributed by atoms with Crippen LogP contribution in [0.5, 0.6) is 0 Å². The number of benzene rings is 4. The van der Waals surface area contributed by atoms with Gasteiger partial charge in [0, 0.05) is 0 Å². The van der Waals surface area contributed by atoms with E-state index in [1.807, 2.05) is 0 Å².